The van der Waals surface area contributed by atoms with Crippen LogP contribution in [0.5, 0.6) is 0 Å². The number of nitrogens with one attached hydrogen (secondary N) is 1. The molecule has 1 rings (SSSR count). The standard InChI is InChI=1S/C17H33NO5/c1-4-5-6-7-8-9-13(20)18-14-16(22)15(21)12(10-19)23-17(14)11(2)3/h11-12,14-17,19,21-22H,4-10H2,1-3H3,(H,18,20)/t12?,14?,15-,16?,17+/m1/s1. The molecule has 0 aliphatic carbocycles. The van der Waals surface area contributed by atoms with E-state index in [1.54, 1.807) is 0 Å². The minimum atomic E-state index is -1.20. The number of rotatable bonds is 9. The maximum Gasteiger partial charge on any atom is 0.220 e. The number of hydrogen-bond donors (Lipinski definition) is 4. The molecule has 1 fully saturated rings. The molecular weight excluding hydrogens is 298 g/mol. The Morgan fingerprint density at radius 1 is 1.13 bits per heavy atom. The molecule has 6 heteroatoms. The topological polar surface area (TPSA) is 99.0 Å². The van der Waals surface area contributed by atoms with Crippen molar-refractivity contribution >= 4 is 5.91 Å². The summed E-state index contributed by atoms with van der Waals surface area (Å²) >= 11 is 0. The van der Waals surface area contributed by atoms with E-state index in [1.165, 1.54) is 6.42 Å². The maximum absolute atomic E-state index is 12.1. The molecule has 1 aliphatic rings. The third-order valence-electron chi connectivity index (χ3n) is 4.46. The average Bonchev–Trinajstić information content (AvgIpc) is 2.51. The minimum Gasteiger partial charge on any atom is -0.394 e. The lowest BCUT2D eigenvalue weighted by atomic mass is 9.87. The molecule has 0 radical (unpaired) electrons. The molecule has 23 heavy (non-hydrogen) atoms. The van der Waals surface area contributed by atoms with Crippen LogP contribution >= 0.6 is 0 Å². The Labute approximate surface area is 139 Å². The Kier molecular flexibility index (Phi) is 9.06. The predicted molar refractivity (Wildman–Crippen MR) is 87.9 cm³/mol. The fraction of sp³-hybridized carbons (Fsp3) is 0.941. The Hall–Kier alpha value is -0.690. The molecule has 0 aromatic heterocycles. The third kappa shape index (κ3) is 6.03. The molecule has 0 saturated carbocycles. The molecular formula is C17H33NO5. The first kappa shape index (κ1) is 20.4. The van der Waals surface area contributed by atoms with Crippen molar-refractivity contribution in [2.75, 3.05) is 6.61 Å². The summed E-state index contributed by atoms with van der Waals surface area (Å²) in [6.07, 6.45) is 2.13. The number of aliphatic hydroxyl groups is 3. The summed E-state index contributed by atoms with van der Waals surface area (Å²) in [5, 5.41) is 32.4. The van der Waals surface area contributed by atoms with Crippen LogP contribution in [0.25, 0.3) is 0 Å². The van der Waals surface area contributed by atoms with E-state index in [9.17, 15) is 20.1 Å². The van der Waals surface area contributed by atoms with E-state index in [0.29, 0.717) is 6.42 Å². The molecule has 1 heterocycles. The number of ether oxygens (including phenoxy) is 1. The number of carbonyl (C=O) groups excluding carboxylic acids is 1. The first-order chi connectivity index (χ1) is 10.9. The highest BCUT2D eigenvalue weighted by Gasteiger charge is 2.45. The zero-order valence-electron chi connectivity index (χ0n) is 14.6. The van der Waals surface area contributed by atoms with Gasteiger partial charge in [-0.05, 0) is 12.3 Å². The van der Waals surface area contributed by atoms with E-state index in [2.05, 4.69) is 12.2 Å². The Balaban J connectivity index is 2.55. The summed E-state index contributed by atoms with van der Waals surface area (Å²) in [5.41, 5.74) is 0. The molecule has 3 unspecified atom stereocenters. The van der Waals surface area contributed by atoms with Gasteiger partial charge in [-0.25, -0.2) is 0 Å². The zero-order chi connectivity index (χ0) is 17.4. The van der Waals surface area contributed by atoms with Gasteiger partial charge in [-0.3, -0.25) is 4.79 Å². The van der Waals surface area contributed by atoms with Crippen LogP contribution in [0.15, 0.2) is 0 Å². The van der Waals surface area contributed by atoms with Crippen LogP contribution in [0.2, 0.25) is 0 Å². The van der Waals surface area contributed by atoms with Crippen LogP contribution in [0.1, 0.15) is 59.3 Å². The van der Waals surface area contributed by atoms with Gasteiger partial charge < -0.3 is 25.4 Å². The quantitative estimate of drug-likeness (QED) is 0.472. The third-order valence-corrected chi connectivity index (χ3v) is 4.46. The molecule has 1 saturated heterocycles. The molecule has 4 N–H and O–H groups in total. The second-order valence-corrected chi connectivity index (χ2v) is 6.80. The van der Waals surface area contributed by atoms with Crippen molar-refractivity contribution in [2.24, 2.45) is 5.92 Å². The van der Waals surface area contributed by atoms with Gasteiger partial charge in [-0.2, -0.15) is 0 Å². The van der Waals surface area contributed by atoms with Crippen LogP contribution < -0.4 is 5.32 Å². The molecule has 0 bridgehead atoms. The van der Waals surface area contributed by atoms with Crippen LogP contribution in [0, 0.1) is 5.92 Å². The van der Waals surface area contributed by atoms with E-state index in [4.69, 9.17) is 4.74 Å². The summed E-state index contributed by atoms with van der Waals surface area (Å²) in [6, 6.07) is -0.657. The number of amides is 1. The highest BCUT2D eigenvalue weighted by atomic mass is 16.5. The molecule has 6 nitrogen and oxygen atoms in total. The van der Waals surface area contributed by atoms with E-state index >= 15 is 0 Å². The van der Waals surface area contributed by atoms with E-state index in [1.807, 2.05) is 13.8 Å². The normalized spacial score (nSPS) is 31.3. The Bertz CT molecular complexity index is 350. The van der Waals surface area contributed by atoms with Crippen LogP contribution in [-0.4, -0.2) is 58.3 Å². The summed E-state index contributed by atoms with van der Waals surface area (Å²) < 4.78 is 5.68. The van der Waals surface area contributed by atoms with Crippen molar-refractivity contribution in [1.29, 1.82) is 0 Å². The van der Waals surface area contributed by atoms with Gasteiger partial charge in [0.2, 0.25) is 5.91 Å². The van der Waals surface area contributed by atoms with E-state index in [0.717, 1.165) is 25.7 Å². The SMILES string of the molecule is CCCCCCCC(=O)NC1C(O)[C@H](O)C(CO)O[C@H]1C(C)C. The van der Waals surface area contributed by atoms with Gasteiger partial charge in [0.05, 0.1) is 18.8 Å². The van der Waals surface area contributed by atoms with E-state index < -0.39 is 30.5 Å². The van der Waals surface area contributed by atoms with Gasteiger partial charge in [-0.1, -0.05) is 46.5 Å². The molecule has 0 aromatic carbocycles. The maximum atomic E-state index is 12.1. The first-order valence-corrected chi connectivity index (χ1v) is 8.84. The summed E-state index contributed by atoms with van der Waals surface area (Å²) in [6.45, 7) is 5.63. The van der Waals surface area contributed by atoms with Gasteiger partial charge >= 0.3 is 0 Å². The molecule has 1 amide bonds. The molecule has 0 spiro atoms. The number of aliphatic hydroxyl groups excluding tert-OH is 3. The summed E-state index contributed by atoms with van der Waals surface area (Å²) in [7, 11) is 0. The second kappa shape index (κ2) is 10.2. The predicted octanol–water partition coefficient (Wildman–Crippen LogP) is 0.969. The van der Waals surface area contributed by atoms with Gasteiger partial charge in [0.15, 0.2) is 0 Å². The molecule has 1 aliphatic heterocycles. The summed E-state index contributed by atoms with van der Waals surface area (Å²) in [5.74, 6) is -0.0875. The largest absolute Gasteiger partial charge is 0.394 e. The van der Waals surface area contributed by atoms with E-state index in [-0.39, 0.29) is 18.4 Å². The fourth-order valence-electron chi connectivity index (χ4n) is 3.03. The lowest BCUT2D eigenvalue weighted by Gasteiger charge is -2.44. The minimum absolute atomic E-state index is 0.0426. The van der Waals surface area contributed by atoms with Gasteiger partial charge in [0, 0.05) is 6.42 Å². The van der Waals surface area contributed by atoms with Gasteiger partial charge in [-0.15, -0.1) is 0 Å². The lowest BCUT2D eigenvalue weighted by Crippen LogP contribution is -2.65. The van der Waals surface area contributed by atoms with Crippen molar-refractivity contribution in [2.45, 2.75) is 89.8 Å². The van der Waals surface area contributed by atoms with Gasteiger partial charge in [0.1, 0.15) is 18.3 Å². The number of hydrogen-bond acceptors (Lipinski definition) is 5. The smallest absolute Gasteiger partial charge is 0.220 e. The van der Waals surface area contributed by atoms with Crippen LogP contribution in [0.3, 0.4) is 0 Å². The summed E-state index contributed by atoms with van der Waals surface area (Å²) in [4.78, 5) is 12.1. The molecule has 0 aromatic rings. The number of unbranched alkanes of at least 4 members (excludes halogenated alkanes) is 4. The fourth-order valence-corrected chi connectivity index (χ4v) is 3.03. The van der Waals surface area contributed by atoms with Crippen molar-refractivity contribution in [1.82, 2.24) is 5.32 Å². The van der Waals surface area contributed by atoms with Gasteiger partial charge in [0.25, 0.3) is 0 Å². The zero-order valence-corrected chi connectivity index (χ0v) is 14.6. The molecule has 136 valence electrons. The van der Waals surface area contributed by atoms with Crippen molar-refractivity contribution in [3.63, 3.8) is 0 Å². The number of carbonyl (C=O) groups is 1. The Morgan fingerprint density at radius 2 is 1.78 bits per heavy atom. The Morgan fingerprint density at radius 3 is 2.35 bits per heavy atom. The monoisotopic (exact) mass is 331 g/mol. The van der Waals surface area contributed by atoms with Crippen LogP contribution in [-0.2, 0) is 9.53 Å². The first-order valence-electron chi connectivity index (χ1n) is 8.84. The highest BCUT2D eigenvalue weighted by Crippen LogP contribution is 2.26. The second-order valence-electron chi connectivity index (χ2n) is 6.80. The van der Waals surface area contributed by atoms with Crippen molar-refractivity contribution in [3.8, 4) is 0 Å². The van der Waals surface area contributed by atoms with Crippen molar-refractivity contribution < 1.29 is 24.9 Å². The van der Waals surface area contributed by atoms with Crippen molar-refractivity contribution in [3.05, 3.63) is 0 Å². The highest BCUT2D eigenvalue weighted by molar-refractivity contribution is 5.76. The lowest BCUT2D eigenvalue weighted by molar-refractivity contribution is -0.204. The van der Waals surface area contributed by atoms with Crippen LogP contribution in [0.4, 0.5) is 0 Å². The molecule has 5 atom stereocenters. The average molecular weight is 331 g/mol.